The summed E-state index contributed by atoms with van der Waals surface area (Å²) >= 11 is 0. The van der Waals surface area contributed by atoms with Gasteiger partial charge < -0.3 is 15.2 Å². The molecule has 0 amide bonds. The van der Waals surface area contributed by atoms with Gasteiger partial charge in [0.05, 0.1) is 5.69 Å². The maximum Gasteiger partial charge on any atom is 0.330 e. The number of nitrogens with zero attached hydrogens (tertiary/aromatic N) is 2. The van der Waals surface area contributed by atoms with E-state index in [2.05, 4.69) is 10.1 Å². The summed E-state index contributed by atoms with van der Waals surface area (Å²) in [4.78, 5) is 14.4. The fourth-order valence-corrected chi connectivity index (χ4v) is 2.00. The van der Waals surface area contributed by atoms with Crippen molar-refractivity contribution >= 4 is 5.82 Å². The first kappa shape index (κ1) is 11.3. The van der Waals surface area contributed by atoms with Crippen LogP contribution in [-0.4, -0.2) is 14.7 Å². The van der Waals surface area contributed by atoms with Gasteiger partial charge in [0.25, 0.3) is 0 Å². The van der Waals surface area contributed by atoms with Crippen molar-refractivity contribution in [1.82, 2.24) is 14.7 Å². The largest absolute Gasteiger partial charge is 0.381 e. The first-order chi connectivity index (χ1) is 9.15. The van der Waals surface area contributed by atoms with Crippen LogP contribution in [0.15, 0.2) is 45.8 Å². The number of rotatable bonds is 2. The van der Waals surface area contributed by atoms with Crippen molar-refractivity contribution in [3.63, 3.8) is 0 Å². The minimum atomic E-state index is -0.174. The third-order valence-corrected chi connectivity index (χ3v) is 2.88. The van der Waals surface area contributed by atoms with Gasteiger partial charge in [-0.2, -0.15) is 0 Å². The molecule has 3 rings (SSSR count). The molecule has 6 heteroatoms. The summed E-state index contributed by atoms with van der Waals surface area (Å²) in [6.07, 6.45) is 1.67. The van der Waals surface area contributed by atoms with Crippen molar-refractivity contribution in [3.8, 4) is 17.0 Å². The normalized spacial score (nSPS) is 10.8. The summed E-state index contributed by atoms with van der Waals surface area (Å²) in [5.41, 5.74) is 7.76. The number of hydrogen-bond donors (Lipinski definition) is 2. The molecule has 96 valence electrons. The van der Waals surface area contributed by atoms with E-state index in [1.165, 1.54) is 0 Å². The van der Waals surface area contributed by atoms with E-state index in [1.807, 2.05) is 31.2 Å². The van der Waals surface area contributed by atoms with E-state index in [0.717, 1.165) is 16.9 Å². The van der Waals surface area contributed by atoms with Crippen LogP contribution in [0, 0.1) is 6.92 Å². The smallest absolute Gasteiger partial charge is 0.330 e. The molecule has 19 heavy (non-hydrogen) atoms. The van der Waals surface area contributed by atoms with Crippen molar-refractivity contribution in [2.24, 2.45) is 0 Å². The third kappa shape index (κ3) is 1.93. The minimum absolute atomic E-state index is 0.174. The predicted molar refractivity (Wildman–Crippen MR) is 71.0 cm³/mol. The Hall–Kier alpha value is -2.76. The molecule has 0 aliphatic rings. The Labute approximate surface area is 108 Å². The van der Waals surface area contributed by atoms with Crippen LogP contribution < -0.4 is 11.4 Å². The number of hydrogen-bond acceptors (Lipinski definition) is 4. The molecule has 2 aromatic heterocycles. The zero-order chi connectivity index (χ0) is 13.4. The number of imidazole rings is 1. The molecule has 0 aliphatic heterocycles. The van der Waals surface area contributed by atoms with Gasteiger partial charge in [-0.15, -0.1) is 0 Å². The van der Waals surface area contributed by atoms with Gasteiger partial charge in [0.1, 0.15) is 0 Å². The second-order valence-electron chi connectivity index (χ2n) is 4.24. The molecule has 1 aromatic carbocycles. The first-order valence-electron chi connectivity index (χ1n) is 5.75. The average Bonchev–Trinajstić information content (AvgIpc) is 2.97. The quantitative estimate of drug-likeness (QED) is 0.730. The zero-order valence-corrected chi connectivity index (χ0v) is 10.3. The fraction of sp³-hybridized carbons (Fsp3) is 0.0769. The van der Waals surface area contributed by atoms with Crippen LogP contribution in [0.1, 0.15) is 5.69 Å². The lowest BCUT2D eigenvalue weighted by Crippen LogP contribution is -2.15. The van der Waals surface area contributed by atoms with Crippen molar-refractivity contribution in [3.05, 3.63) is 52.7 Å². The van der Waals surface area contributed by atoms with E-state index in [0.29, 0.717) is 11.6 Å². The SMILES string of the molecule is Cc1c[nH]c(=O)n1-c1cccc(-c2cc(N)no2)c1. The highest BCUT2D eigenvalue weighted by atomic mass is 16.5. The molecule has 0 radical (unpaired) electrons. The van der Waals surface area contributed by atoms with E-state index >= 15 is 0 Å². The van der Waals surface area contributed by atoms with Gasteiger partial charge in [-0.1, -0.05) is 17.3 Å². The highest BCUT2D eigenvalue weighted by Gasteiger charge is 2.09. The lowest BCUT2D eigenvalue weighted by Gasteiger charge is -2.05. The standard InChI is InChI=1S/C13H12N4O2/c1-8-7-15-13(18)17(8)10-4-2-3-9(5-10)11-6-12(14)16-19-11/h2-7H,1H3,(H2,14,16)(H,15,18). The van der Waals surface area contributed by atoms with E-state index in [-0.39, 0.29) is 5.69 Å². The van der Waals surface area contributed by atoms with Gasteiger partial charge in [0.15, 0.2) is 11.6 Å². The summed E-state index contributed by atoms with van der Waals surface area (Å²) < 4.78 is 6.70. The van der Waals surface area contributed by atoms with Crippen LogP contribution in [0.5, 0.6) is 0 Å². The number of anilines is 1. The number of aryl methyl sites for hydroxylation is 1. The number of H-pyrrole nitrogens is 1. The zero-order valence-electron chi connectivity index (χ0n) is 10.3. The molecule has 3 aromatic rings. The maximum atomic E-state index is 11.7. The van der Waals surface area contributed by atoms with E-state index in [1.54, 1.807) is 16.8 Å². The van der Waals surface area contributed by atoms with Crippen LogP contribution in [0.25, 0.3) is 17.0 Å². The second kappa shape index (κ2) is 4.16. The topological polar surface area (TPSA) is 89.8 Å². The molecule has 0 saturated carbocycles. The van der Waals surface area contributed by atoms with Crippen molar-refractivity contribution in [1.29, 1.82) is 0 Å². The van der Waals surface area contributed by atoms with Crippen molar-refractivity contribution in [2.45, 2.75) is 6.92 Å². The van der Waals surface area contributed by atoms with Gasteiger partial charge >= 0.3 is 5.69 Å². The predicted octanol–water partition coefficient (Wildman–Crippen LogP) is 1.71. The minimum Gasteiger partial charge on any atom is -0.381 e. The summed E-state index contributed by atoms with van der Waals surface area (Å²) in [5.74, 6) is 0.899. The molecule has 6 nitrogen and oxygen atoms in total. The Morgan fingerprint density at radius 1 is 1.37 bits per heavy atom. The number of nitrogens with two attached hydrogens (primary N) is 1. The average molecular weight is 256 g/mol. The number of nitrogen functional groups attached to an aromatic ring is 1. The van der Waals surface area contributed by atoms with E-state index in [9.17, 15) is 4.79 Å². The number of benzene rings is 1. The maximum absolute atomic E-state index is 11.7. The second-order valence-corrected chi connectivity index (χ2v) is 4.24. The van der Waals surface area contributed by atoms with Crippen LogP contribution in [0.2, 0.25) is 0 Å². The molecule has 0 spiro atoms. The van der Waals surface area contributed by atoms with Gasteiger partial charge in [0.2, 0.25) is 0 Å². The fourth-order valence-electron chi connectivity index (χ4n) is 2.00. The van der Waals surface area contributed by atoms with E-state index < -0.39 is 0 Å². The molecule has 3 N–H and O–H groups in total. The summed E-state index contributed by atoms with van der Waals surface area (Å²) in [5, 5.41) is 3.65. The molecule has 0 unspecified atom stereocenters. The van der Waals surface area contributed by atoms with Gasteiger partial charge in [-0.25, -0.2) is 4.79 Å². The molecule has 0 atom stereocenters. The van der Waals surface area contributed by atoms with Crippen molar-refractivity contribution in [2.75, 3.05) is 5.73 Å². The summed E-state index contributed by atoms with van der Waals surface area (Å²) in [6, 6.07) is 9.07. The van der Waals surface area contributed by atoms with Crippen LogP contribution in [0.4, 0.5) is 5.82 Å². The van der Waals surface area contributed by atoms with Gasteiger partial charge in [-0.3, -0.25) is 4.57 Å². The lowest BCUT2D eigenvalue weighted by molar-refractivity contribution is 0.436. The number of aromatic nitrogens is 3. The summed E-state index contributed by atoms with van der Waals surface area (Å²) in [6.45, 7) is 1.86. The van der Waals surface area contributed by atoms with Crippen LogP contribution >= 0.6 is 0 Å². The Morgan fingerprint density at radius 3 is 2.84 bits per heavy atom. The molecule has 0 bridgehead atoms. The summed E-state index contributed by atoms with van der Waals surface area (Å²) in [7, 11) is 0. The number of aromatic amines is 1. The molecule has 0 fully saturated rings. The molecular formula is C13H12N4O2. The van der Waals surface area contributed by atoms with Crippen molar-refractivity contribution < 1.29 is 4.52 Å². The molecule has 0 aliphatic carbocycles. The lowest BCUT2D eigenvalue weighted by atomic mass is 10.1. The third-order valence-electron chi connectivity index (χ3n) is 2.88. The Bertz CT molecular complexity index is 782. The highest BCUT2D eigenvalue weighted by Crippen LogP contribution is 2.23. The van der Waals surface area contributed by atoms with Gasteiger partial charge in [0, 0.05) is 23.5 Å². The first-order valence-corrected chi connectivity index (χ1v) is 5.75. The monoisotopic (exact) mass is 256 g/mol. The van der Waals surface area contributed by atoms with Crippen LogP contribution in [0.3, 0.4) is 0 Å². The van der Waals surface area contributed by atoms with Crippen LogP contribution in [-0.2, 0) is 0 Å². The Balaban J connectivity index is 2.13. The van der Waals surface area contributed by atoms with Gasteiger partial charge in [-0.05, 0) is 19.1 Å². The molecule has 2 heterocycles. The number of nitrogens with one attached hydrogen (secondary N) is 1. The Kier molecular flexibility index (Phi) is 2.49. The highest BCUT2D eigenvalue weighted by molar-refractivity contribution is 5.63. The van der Waals surface area contributed by atoms with E-state index in [4.69, 9.17) is 10.3 Å². The molecule has 0 saturated heterocycles. The Morgan fingerprint density at radius 2 is 2.21 bits per heavy atom. The molecular weight excluding hydrogens is 244 g/mol.